The number of benzene rings is 1. The molecule has 3 heterocycles. The maximum Gasteiger partial charge on any atom is 0.410 e. The van der Waals surface area contributed by atoms with Gasteiger partial charge in [0.25, 0.3) is 0 Å². The minimum Gasteiger partial charge on any atom is -0.492 e. The van der Waals surface area contributed by atoms with Gasteiger partial charge >= 0.3 is 6.09 Å². The van der Waals surface area contributed by atoms with Gasteiger partial charge in [0.2, 0.25) is 0 Å². The highest BCUT2D eigenvalue weighted by Crippen LogP contribution is 2.35. The number of aromatic amines is 1. The first-order chi connectivity index (χ1) is 19.2. The Morgan fingerprint density at radius 2 is 1.76 bits per heavy atom. The number of aryl methyl sites for hydroxylation is 1. The maximum atomic E-state index is 13.6. The first-order valence-electron chi connectivity index (χ1n) is 14.1. The SMILES string of the molecule is Cc1[nH]nc(Nc2ncnc3cc(OCCCN4CCN(C(=O)OC(C)(C)C)CC4)c(S(=O)C(C)(C)C)cc23)c1C. The van der Waals surface area contributed by atoms with E-state index in [4.69, 9.17) is 9.47 Å². The van der Waals surface area contributed by atoms with Crippen LogP contribution in [0.3, 0.4) is 0 Å². The molecule has 1 fully saturated rings. The lowest BCUT2D eigenvalue weighted by atomic mass is 10.2. The summed E-state index contributed by atoms with van der Waals surface area (Å²) in [4.78, 5) is 26.0. The predicted octanol–water partition coefficient (Wildman–Crippen LogP) is 4.94. The predicted molar refractivity (Wildman–Crippen MR) is 161 cm³/mol. The monoisotopic (exact) mass is 585 g/mol. The first-order valence-corrected chi connectivity index (χ1v) is 15.2. The van der Waals surface area contributed by atoms with E-state index >= 15 is 0 Å². The number of piperazine rings is 1. The van der Waals surface area contributed by atoms with Crippen LogP contribution in [0.15, 0.2) is 23.4 Å². The largest absolute Gasteiger partial charge is 0.492 e. The van der Waals surface area contributed by atoms with Crippen molar-refractivity contribution in [1.82, 2.24) is 30.0 Å². The number of hydrogen-bond acceptors (Lipinski definition) is 9. The smallest absolute Gasteiger partial charge is 0.410 e. The van der Waals surface area contributed by atoms with Gasteiger partial charge in [-0.2, -0.15) is 5.10 Å². The van der Waals surface area contributed by atoms with Crippen LogP contribution < -0.4 is 10.1 Å². The molecule has 224 valence electrons. The Morgan fingerprint density at radius 3 is 2.37 bits per heavy atom. The van der Waals surface area contributed by atoms with Gasteiger partial charge in [-0.1, -0.05) is 0 Å². The molecule has 1 aliphatic heterocycles. The molecular weight excluding hydrogens is 542 g/mol. The van der Waals surface area contributed by atoms with Gasteiger partial charge in [0.1, 0.15) is 23.5 Å². The second-order valence-corrected chi connectivity index (χ2v) is 14.6. The van der Waals surface area contributed by atoms with Crippen LogP contribution in [-0.4, -0.2) is 89.9 Å². The molecule has 0 aliphatic carbocycles. The summed E-state index contributed by atoms with van der Waals surface area (Å²) in [5.41, 5.74) is 2.17. The zero-order valence-corrected chi connectivity index (χ0v) is 26.3. The van der Waals surface area contributed by atoms with Crippen LogP contribution in [0.4, 0.5) is 16.4 Å². The Balaban J connectivity index is 1.44. The highest BCUT2D eigenvalue weighted by atomic mass is 32.2. The summed E-state index contributed by atoms with van der Waals surface area (Å²) < 4.78 is 24.9. The number of ether oxygens (including phenoxy) is 2. The fourth-order valence-corrected chi connectivity index (χ4v) is 5.61. The molecule has 1 aliphatic rings. The fourth-order valence-electron chi connectivity index (χ4n) is 4.42. The van der Waals surface area contributed by atoms with Crippen LogP contribution in [0.5, 0.6) is 5.75 Å². The molecule has 11 nitrogen and oxygen atoms in total. The van der Waals surface area contributed by atoms with Gasteiger partial charge in [-0.3, -0.25) is 14.2 Å². The fraction of sp³-hybridized carbons (Fsp3) is 0.586. The topological polar surface area (TPSA) is 126 Å². The van der Waals surface area contributed by atoms with Crippen molar-refractivity contribution < 1.29 is 18.5 Å². The Morgan fingerprint density at radius 1 is 1.05 bits per heavy atom. The number of nitrogens with one attached hydrogen (secondary N) is 2. The quantitative estimate of drug-likeness (QED) is 0.354. The third-order valence-corrected chi connectivity index (χ3v) is 8.68. The third kappa shape index (κ3) is 7.73. The van der Waals surface area contributed by atoms with E-state index in [9.17, 15) is 9.00 Å². The molecule has 1 aromatic carbocycles. The summed E-state index contributed by atoms with van der Waals surface area (Å²) in [6, 6.07) is 3.72. The van der Waals surface area contributed by atoms with E-state index in [2.05, 4.69) is 30.4 Å². The van der Waals surface area contributed by atoms with Crippen LogP contribution in [0, 0.1) is 13.8 Å². The summed E-state index contributed by atoms with van der Waals surface area (Å²) in [6.45, 7) is 19.6. The van der Waals surface area contributed by atoms with Crippen molar-refractivity contribution in [2.45, 2.75) is 77.1 Å². The summed E-state index contributed by atoms with van der Waals surface area (Å²) in [5, 5.41) is 11.4. The van der Waals surface area contributed by atoms with Gasteiger partial charge < -0.3 is 19.7 Å². The van der Waals surface area contributed by atoms with Crippen molar-refractivity contribution in [1.29, 1.82) is 0 Å². The number of fused-ring (bicyclic) bond motifs is 1. The Hall–Kier alpha value is -3.25. The van der Waals surface area contributed by atoms with Crippen molar-refractivity contribution in [3.8, 4) is 5.75 Å². The second kappa shape index (κ2) is 12.3. The molecule has 1 unspecified atom stereocenters. The maximum absolute atomic E-state index is 13.6. The molecule has 0 saturated carbocycles. The molecule has 2 aromatic heterocycles. The van der Waals surface area contributed by atoms with E-state index in [-0.39, 0.29) is 6.09 Å². The Labute approximate surface area is 244 Å². The molecule has 0 radical (unpaired) electrons. The minimum absolute atomic E-state index is 0.257. The lowest BCUT2D eigenvalue weighted by molar-refractivity contribution is 0.0142. The van der Waals surface area contributed by atoms with Crippen molar-refractivity contribution in [3.63, 3.8) is 0 Å². The third-order valence-electron chi connectivity index (χ3n) is 6.85. The van der Waals surface area contributed by atoms with Crippen molar-refractivity contribution in [2.75, 3.05) is 44.6 Å². The van der Waals surface area contributed by atoms with Crippen LogP contribution in [0.25, 0.3) is 10.9 Å². The molecule has 0 bridgehead atoms. The molecule has 12 heteroatoms. The van der Waals surface area contributed by atoms with Gasteiger partial charge in [0.05, 0.1) is 27.8 Å². The zero-order chi connectivity index (χ0) is 29.9. The Kier molecular flexibility index (Phi) is 9.22. The summed E-state index contributed by atoms with van der Waals surface area (Å²) in [5.74, 6) is 1.85. The number of H-pyrrole nitrogens is 1. The average Bonchev–Trinajstić information content (AvgIpc) is 3.21. The molecule has 3 aromatic rings. The molecule has 1 atom stereocenters. The number of hydrogen-bond donors (Lipinski definition) is 2. The molecule has 1 amide bonds. The highest BCUT2D eigenvalue weighted by molar-refractivity contribution is 7.86. The molecule has 1 saturated heterocycles. The molecule has 4 rings (SSSR count). The van der Waals surface area contributed by atoms with Crippen molar-refractivity contribution >= 4 is 39.4 Å². The molecule has 0 spiro atoms. The van der Waals surface area contributed by atoms with E-state index in [1.54, 1.807) is 4.90 Å². The summed E-state index contributed by atoms with van der Waals surface area (Å²) in [7, 11) is -1.34. The van der Waals surface area contributed by atoms with E-state index in [1.165, 1.54) is 6.33 Å². The minimum atomic E-state index is -1.34. The van der Waals surface area contributed by atoms with Crippen LogP contribution in [0.2, 0.25) is 0 Å². The van der Waals surface area contributed by atoms with Crippen LogP contribution in [0.1, 0.15) is 59.2 Å². The lowest BCUT2D eigenvalue weighted by Crippen LogP contribution is -2.50. The number of amides is 1. The summed E-state index contributed by atoms with van der Waals surface area (Å²) >= 11 is 0. The zero-order valence-electron chi connectivity index (χ0n) is 25.5. The average molecular weight is 586 g/mol. The van der Waals surface area contributed by atoms with E-state index in [1.807, 2.05) is 67.5 Å². The number of carbonyl (C=O) groups is 1. The number of anilines is 2. The van der Waals surface area contributed by atoms with Gasteiger partial charge in [-0.15, -0.1) is 0 Å². The van der Waals surface area contributed by atoms with Crippen molar-refractivity contribution in [3.05, 3.63) is 29.7 Å². The van der Waals surface area contributed by atoms with Gasteiger partial charge in [-0.05, 0) is 67.9 Å². The first kappa shape index (κ1) is 30.7. The van der Waals surface area contributed by atoms with Gasteiger partial charge in [0.15, 0.2) is 5.82 Å². The number of rotatable bonds is 8. The standard InChI is InChI=1S/C29H43N7O4S/c1-19-20(2)33-34-25(19)32-26-21-16-24(41(38)29(6,7)8)23(17-22(21)30-18-31-26)39-15-9-10-35-11-13-36(14-12-35)27(37)40-28(3,4)5/h16-18H,9-15H2,1-8H3,(H2,30,31,32,33,34). The van der Waals surface area contributed by atoms with E-state index in [0.29, 0.717) is 47.5 Å². The number of nitrogens with zero attached hydrogens (tertiary/aromatic N) is 5. The number of carbonyl (C=O) groups excluding carboxylic acids is 1. The van der Waals surface area contributed by atoms with E-state index in [0.717, 1.165) is 42.7 Å². The highest BCUT2D eigenvalue weighted by Gasteiger charge is 2.27. The van der Waals surface area contributed by atoms with Gasteiger partial charge in [0, 0.05) is 60.2 Å². The normalized spacial score (nSPS) is 15.7. The molecule has 41 heavy (non-hydrogen) atoms. The summed E-state index contributed by atoms with van der Waals surface area (Å²) in [6.07, 6.45) is 2.04. The van der Waals surface area contributed by atoms with Gasteiger partial charge in [-0.25, -0.2) is 14.8 Å². The second-order valence-electron chi connectivity index (χ2n) is 12.4. The van der Waals surface area contributed by atoms with Crippen LogP contribution >= 0.6 is 0 Å². The van der Waals surface area contributed by atoms with Crippen molar-refractivity contribution in [2.24, 2.45) is 0 Å². The molecular formula is C29H43N7O4S. The number of aromatic nitrogens is 4. The van der Waals surface area contributed by atoms with E-state index < -0.39 is 21.1 Å². The Bertz CT molecular complexity index is 1400. The lowest BCUT2D eigenvalue weighted by Gasteiger charge is -2.35. The van der Waals surface area contributed by atoms with Crippen LogP contribution in [-0.2, 0) is 15.5 Å². The molecule has 2 N–H and O–H groups in total.